The van der Waals surface area contributed by atoms with Gasteiger partial charge in [0.1, 0.15) is 11.6 Å². The highest BCUT2D eigenvalue weighted by Crippen LogP contribution is 2.29. The Bertz CT molecular complexity index is 1170. The first-order valence-corrected chi connectivity index (χ1v) is 8.65. The van der Waals surface area contributed by atoms with E-state index in [-0.39, 0.29) is 5.75 Å². The van der Waals surface area contributed by atoms with Crippen molar-refractivity contribution in [1.82, 2.24) is 20.2 Å². The molecule has 2 aromatic heterocycles. The summed E-state index contributed by atoms with van der Waals surface area (Å²) in [7, 11) is 0. The van der Waals surface area contributed by atoms with Gasteiger partial charge < -0.3 is 10.1 Å². The Hall–Kier alpha value is -3.94. The van der Waals surface area contributed by atoms with Crippen molar-refractivity contribution in [2.24, 2.45) is 0 Å². The fourth-order valence-electron chi connectivity index (χ4n) is 2.70. The van der Waals surface area contributed by atoms with E-state index in [9.17, 15) is 8.78 Å². The van der Waals surface area contributed by atoms with Crippen LogP contribution in [0.2, 0.25) is 0 Å². The summed E-state index contributed by atoms with van der Waals surface area (Å²) in [6, 6.07) is 15.5. The Labute approximate surface area is 164 Å². The summed E-state index contributed by atoms with van der Waals surface area (Å²) in [4.78, 5) is 9.16. The molecule has 6 nitrogen and oxygen atoms in total. The second-order valence-corrected chi connectivity index (χ2v) is 6.06. The van der Waals surface area contributed by atoms with Crippen molar-refractivity contribution >= 4 is 22.4 Å². The number of benzene rings is 2. The predicted octanol–water partition coefficient (Wildman–Crippen LogP) is 4.99. The number of hydrogen-bond acceptors (Lipinski definition) is 6. The summed E-state index contributed by atoms with van der Waals surface area (Å²) in [6.45, 7) is 3.07. The molecule has 2 heterocycles. The lowest BCUT2D eigenvalue weighted by molar-refractivity contribution is -0.131. The number of aromatic nitrogens is 4. The smallest absolute Gasteiger partial charge is 0.419 e. The minimum Gasteiger partial charge on any atom is -0.429 e. The number of nitrogens with zero attached hydrogens (tertiary/aromatic N) is 4. The average molecular weight is 391 g/mol. The number of ether oxygens (including phenoxy) is 1. The van der Waals surface area contributed by atoms with Gasteiger partial charge in [-0.1, -0.05) is 24.8 Å². The van der Waals surface area contributed by atoms with Gasteiger partial charge in [-0.05, 0) is 30.3 Å². The number of rotatable bonds is 6. The van der Waals surface area contributed by atoms with E-state index in [1.165, 1.54) is 12.1 Å². The first kappa shape index (κ1) is 18.4. The summed E-state index contributed by atoms with van der Waals surface area (Å²) >= 11 is 0. The largest absolute Gasteiger partial charge is 0.429 e. The molecule has 0 bridgehead atoms. The molecule has 0 aliphatic rings. The topological polar surface area (TPSA) is 72.8 Å². The van der Waals surface area contributed by atoms with Crippen LogP contribution in [0.1, 0.15) is 0 Å². The molecule has 4 rings (SSSR count). The predicted molar refractivity (Wildman–Crippen MR) is 106 cm³/mol. The van der Waals surface area contributed by atoms with Crippen LogP contribution in [-0.2, 0) is 0 Å². The number of fused-ring (bicyclic) bond motifs is 1. The Kier molecular flexibility index (Phi) is 4.82. The monoisotopic (exact) mass is 391 g/mol. The lowest BCUT2D eigenvalue weighted by Gasteiger charge is -2.15. The van der Waals surface area contributed by atoms with Crippen LogP contribution < -0.4 is 10.1 Å². The van der Waals surface area contributed by atoms with E-state index in [0.29, 0.717) is 29.0 Å². The van der Waals surface area contributed by atoms with Crippen molar-refractivity contribution in [3.63, 3.8) is 0 Å². The van der Waals surface area contributed by atoms with Gasteiger partial charge in [-0.3, -0.25) is 0 Å². The summed E-state index contributed by atoms with van der Waals surface area (Å²) in [5.74, 6) is 0.985. The van der Waals surface area contributed by atoms with Crippen LogP contribution in [-0.4, -0.2) is 26.3 Å². The molecule has 2 aromatic carbocycles. The summed E-state index contributed by atoms with van der Waals surface area (Å²) in [5.41, 5.74) is 1.96. The molecule has 0 saturated carbocycles. The first-order chi connectivity index (χ1) is 14.0. The lowest BCUT2D eigenvalue weighted by atomic mass is 10.2. The number of para-hydroxylation sites is 1. The van der Waals surface area contributed by atoms with Gasteiger partial charge in [0.2, 0.25) is 0 Å². The molecule has 0 aliphatic heterocycles. The molecule has 144 valence electrons. The van der Waals surface area contributed by atoms with E-state index in [4.69, 9.17) is 0 Å². The molecule has 29 heavy (non-hydrogen) atoms. The summed E-state index contributed by atoms with van der Waals surface area (Å²) in [5, 5.41) is 11.6. The maximum absolute atomic E-state index is 13.5. The fraction of sp³-hybridized carbons (Fsp3) is 0.0476. The zero-order valence-electron chi connectivity index (χ0n) is 15.1. The standard InChI is InChI=1S/C21H15F2N5O/c1-2-21(22,23)29-16-7-5-6-15(12-16)26-20-17-8-3-4-9-18(17)27-19(28-20)14-10-11-24-25-13-14/h2-13H,1H2,(H,26,27,28). The van der Waals surface area contributed by atoms with Gasteiger partial charge in [-0.15, -0.1) is 0 Å². The van der Waals surface area contributed by atoms with Crippen LogP contribution in [0, 0.1) is 0 Å². The maximum atomic E-state index is 13.5. The Morgan fingerprint density at radius 3 is 2.66 bits per heavy atom. The Morgan fingerprint density at radius 1 is 1.00 bits per heavy atom. The molecule has 1 N–H and O–H groups in total. The molecule has 0 amide bonds. The van der Waals surface area contributed by atoms with Gasteiger partial charge in [-0.25, -0.2) is 9.97 Å². The number of alkyl halides is 2. The Balaban J connectivity index is 1.73. The van der Waals surface area contributed by atoms with E-state index in [1.54, 1.807) is 30.6 Å². The van der Waals surface area contributed by atoms with E-state index in [2.05, 4.69) is 36.8 Å². The summed E-state index contributed by atoms with van der Waals surface area (Å²) < 4.78 is 31.6. The third-order valence-corrected chi connectivity index (χ3v) is 4.03. The molecular weight excluding hydrogens is 376 g/mol. The van der Waals surface area contributed by atoms with Gasteiger partial charge in [-0.2, -0.15) is 19.0 Å². The van der Waals surface area contributed by atoms with Crippen LogP contribution in [0.3, 0.4) is 0 Å². The van der Waals surface area contributed by atoms with Crippen molar-refractivity contribution in [2.45, 2.75) is 6.11 Å². The van der Waals surface area contributed by atoms with Crippen molar-refractivity contribution in [2.75, 3.05) is 5.32 Å². The van der Waals surface area contributed by atoms with Gasteiger partial charge in [0.25, 0.3) is 0 Å². The average Bonchev–Trinajstić information content (AvgIpc) is 2.74. The first-order valence-electron chi connectivity index (χ1n) is 8.65. The van der Waals surface area contributed by atoms with Crippen molar-refractivity contribution < 1.29 is 13.5 Å². The molecule has 0 spiro atoms. The van der Waals surface area contributed by atoms with Gasteiger partial charge >= 0.3 is 6.11 Å². The van der Waals surface area contributed by atoms with Crippen LogP contribution in [0.25, 0.3) is 22.3 Å². The molecule has 0 fully saturated rings. The third kappa shape index (κ3) is 4.16. The number of anilines is 2. The second kappa shape index (κ2) is 7.59. The lowest BCUT2D eigenvalue weighted by Crippen LogP contribution is -2.20. The molecule has 0 saturated heterocycles. The molecular formula is C21H15F2N5O. The SMILES string of the molecule is C=CC(F)(F)Oc1cccc(Nc2nc(-c3ccnnc3)nc3ccccc23)c1. The highest BCUT2D eigenvalue weighted by Gasteiger charge is 2.26. The molecule has 0 atom stereocenters. The van der Waals surface area contributed by atoms with Crippen LogP contribution in [0.5, 0.6) is 5.75 Å². The number of hydrogen-bond donors (Lipinski definition) is 1. The van der Waals surface area contributed by atoms with E-state index < -0.39 is 6.11 Å². The Morgan fingerprint density at radius 2 is 1.86 bits per heavy atom. The highest BCUT2D eigenvalue weighted by molar-refractivity contribution is 5.92. The number of halogens is 2. The zero-order valence-corrected chi connectivity index (χ0v) is 15.1. The molecule has 4 aromatic rings. The van der Waals surface area contributed by atoms with Gasteiger partial charge in [0.15, 0.2) is 5.82 Å². The van der Waals surface area contributed by atoms with E-state index in [1.807, 2.05) is 24.3 Å². The minimum absolute atomic E-state index is 0.00295. The van der Waals surface area contributed by atoms with Crippen molar-refractivity contribution in [1.29, 1.82) is 0 Å². The highest BCUT2D eigenvalue weighted by atomic mass is 19.3. The molecule has 8 heteroatoms. The molecule has 0 aliphatic carbocycles. The van der Waals surface area contributed by atoms with Crippen LogP contribution in [0.15, 0.2) is 79.6 Å². The molecule has 0 unspecified atom stereocenters. The fourth-order valence-corrected chi connectivity index (χ4v) is 2.70. The minimum atomic E-state index is -3.46. The maximum Gasteiger partial charge on any atom is 0.419 e. The second-order valence-electron chi connectivity index (χ2n) is 6.06. The van der Waals surface area contributed by atoms with Crippen LogP contribution in [0.4, 0.5) is 20.3 Å². The quantitative estimate of drug-likeness (QED) is 0.467. The van der Waals surface area contributed by atoms with Gasteiger partial charge in [0, 0.05) is 28.8 Å². The number of nitrogens with one attached hydrogen (secondary N) is 1. The molecule has 0 radical (unpaired) electrons. The zero-order chi connectivity index (χ0) is 20.3. The summed E-state index contributed by atoms with van der Waals surface area (Å²) in [6.07, 6.45) is 0.114. The van der Waals surface area contributed by atoms with E-state index >= 15 is 0 Å². The third-order valence-electron chi connectivity index (χ3n) is 4.03. The normalized spacial score (nSPS) is 11.2. The van der Waals surface area contributed by atoms with Crippen molar-refractivity contribution in [3.8, 4) is 17.1 Å². The van der Waals surface area contributed by atoms with Gasteiger partial charge in [0.05, 0.1) is 17.9 Å². The van der Waals surface area contributed by atoms with Crippen LogP contribution >= 0.6 is 0 Å². The van der Waals surface area contributed by atoms with E-state index in [0.717, 1.165) is 10.9 Å². The van der Waals surface area contributed by atoms with Crippen molar-refractivity contribution in [3.05, 3.63) is 79.6 Å².